The molecule has 3 rings (SSSR count). The highest BCUT2D eigenvalue weighted by Gasteiger charge is 2.30. The number of aryl methyl sites for hydroxylation is 1. The second kappa shape index (κ2) is 5.33. The first-order valence-electron chi connectivity index (χ1n) is 6.79. The summed E-state index contributed by atoms with van der Waals surface area (Å²) in [4.78, 5) is 12.8. The minimum absolute atomic E-state index is 0.0246. The standard InChI is InChI=1S/C16H16N2O2/c19-17(20)12-15-11-10-13-6-4-5-9-16(13)18(15)14-7-2-1-3-8-14/h1-9,15H,10-12H2. The van der Waals surface area contributed by atoms with Crippen LogP contribution in [0.3, 0.4) is 0 Å². The first kappa shape index (κ1) is 12.7. The lowest BCUT2D eigenvalue weighted by atomic mass is 9.95. The van der Waals surface area contributed by atoms with Crippen LogP contribution in [0.2, 0.25) is 0 Å². The van der Waals surface area contributed by atoms with Gasteiger partial charge in [0.25, 0.3) is 0 Å². The monoisotopic (exact) mass is 268 g/mol. The Labute approximate surface area is 117 Å². The summed E-state index contributed by atoms with van der Waals surface area (Å²) in [5.74, 6) is 0. The quantitative estimate of drug-likeness (QED) is 0.633. The van der Waals surface area contributed by atoms with Crippen LogP contribution < -0.4 is 4.90 Å². The average Bonchev–Trinajstić information content (AvgIpc) is 2.47. The third kappa shape index (κ3) is 2.37. The van der Waals surface area contributed by atoms with Gasteiger partial charge in [-0.25, -0.2) is 0 Å². The molecule has 20 heavy (non-hydrogen) atoms. The van der Waals surface area contributed by atoms with E-state index in [9.17, 15) is 10.1 Å². The number of rotatable bonds is 3. The average molecular weight is 268 g/mol. The van der Waals surface area contributed by atoms with E-state index in [1.165, 1.54) is 5.56 Å². The van der Waals surface area contributed by atoms with Gasteiger partial charge in [-0.1, -0.05) is 36.4 Å². The van der Waals surface area contributed by atoms with Gasteiger partial charge in [0, 0.05) is 16.3 Å². The zero-order valence-electron chi connectivity index (χ0n) is 11.1. The lowest BCUT2D eigenvalue weighted by Crippen LogP contribution is -2.40. The van der Waals surface area contributed by atoms with Crippen LogP contribution in [0, 0.1) is 10.1 Å². The van der Waals surface area contributed by atoms with Crippen LogP contribution in [-0.2, 0) is 6.42 Å². The van der Waals surface area contributed by atoms with E-state index in [1.54, 1.807) is 0 Å². The summed E-state index contributed by atoms with van der Waals surface area (Å²) in [6, 6.07) is 18.0. The Kier molecular flexibility index (Phi) is 3.37. The van der Waals surface area contributed by atoms with Crippen molar-refractivity contribution >= 4 is 11.4 Å². The molecule has 1 aliphatic heterocycles. The van der Waals surface area contributed by atoms with E-state index in [-0.39, 0.29) is 17.5 Å². The van der Waals surface area contributed by atoms with Gasteiger partial charge in [0.15, 0.2) is 0 Å². The molecule has 2 aromatic rings. The van der Waals surface area contributed by atoms with Gasteiger partial charge in [-0.05, 0) is 36.6 Å². The molecule has 0 bridgehead atoms. The van der Waals surface area contributed by atoms with Crippen LogP contribution in [0.25, 0.3) is 0 Å². The molecule has 0 fully saturated rings. The van der Waals surface area contributed by atoms with E-state index in [2.05, 4.69) is 17.0 Å². The Morgan fingerprint density at radius 3 is 2.55 bits per heavy atom. The zero-order chi connectivity index (χ0) is 13.9. The summed E-state index contributed by atoms with van der Waals surface area (Å²) in [6.45, 7) is -0.0246. The van der Waals surface area contributed by atoms with Gasteiger partial charge >= 0.3 is 0 Å². The topological polar surface area (TPSA) is 46.4 Å². The summed E-state index contributed by atoms with van der Waals surface area (Å²) in [7, 11) is 0. The molecule has 1 atom stereocenters. The fourth-order valence-corrected chi connectivity index (χ4v) is 2.89. The number of hydrogen-bond acceptors (Lipinski definition) is 3. The van der Waals surface area contributed by atoms with Crippen molar-refractivity contribution in [2.45, 2.75) is 18.9 Å². The van der Waals surface area contributed by atoms with E-state index in [0.29, 0.717) is 0 Å². The Morgan fingerprint density at radius 1 is 1.10 bits per heavy atom. The number of fused-ring (bicyclic) bond motifs is 1. The number of nitro groups is 1. The second-order valence-electron chi connectivity index (χ2n) is 5.04. The van der Waals surface area contributed by atoms with Crippen molar-refractivity contribution in [2.75, 3.05) is 11.4 Å². The van der Waals surface area contributed by atoms with E-state index in [1.807, 2.05) is 42.5 Å². The van der Waals surface area contributed by atoms with Crippen LogP contribution in [0.1, 0.15) is 12.0 Å². The molecule has 4 heteroatoms. The molecule has 2 aromatic carbocycles. The van der Waals surface area contributed by atoms with Crippen molar-refractivity contribution in [1.29, 1.82) is 0 Å². The molecule has 0 radical (unpaired) electrons. The number of nitrogens with zero attached hydrogens (tertiary/aromatic N) is 2. The van der Waals surface area contributed by atoms with Gasteiger partial charge < -0.3 is 4.90 Å². The fourth-order valence-electron chi connectivity index (χ4n) is 2.89. The predicted octanol–water partition coefficient (Wildman–Crippen LogP) is 3.42. The molecule has 0 aliphatic carbocycles. The van der Waals surface area contributed by atoms with Gasteiger partial charge in [-0.2, -0.15) is 0 Å². The van der Waals surface area contributed by atoms with Crippen molar-refractivity contribution < 1.29 is 4.92 Å². The molecule has 0 N–H and O–H groups in total. The highest BCUT2D eigenvalue weighted by molar-refractivity contribution is 5.68. The summed E-state index contributed by atoms with van der Waals surface area (Å²) in [6.07, 6.45) is 1.71. The van der Waals surface area contributed by atoms with Crippen molar-refractivity contribution in [2.24, 2.45) is 0 Å². The smallest absolute Gasteiger partial charge is 0.224 e. The van der Waals surface area contributed by atoms with Crippen LogP contribution in [-0.4, -0.2) is 17.5 Å². The van der Waals surface area contributed by atoms with Gasteiger partial charge in [-0.15, -0.1) is 0 Å². The van der Waals surface area contributed by atoms with Gasteiger partial charge in [0.05, 0.1) is 6.04 Å². The third-order valence-electron chi connectivity index (χ3n) is 3.76. The largest absolute Gasteiger partial charge is 0.332 e. The van der Waals surface area contributed by atoms with Crippen LogP contribution in [0.5, 0.6) is 0 Å². The van der Waals surface area contributed by atoms with E-state index in [0.717, 1.165) is 24.2 Å². The van der Waals surface area contributed by atoms with Crippen LogP contribution in [0.15, 0.2) is 54.6 Å². The van der Waals surface area contributed by atoms with Gasteiger partial charge in [0.1, 0.15) is 0 Å². The van der Waals surface area contributed by atoms with E-state index >= 15 is 0 Å². The fraction of sp³-hybridized carbons (Fsp3) is 0.250. The summed E-state index contributed by atoms with van der Waals surface area (Å²) >= 11 is 0. The first-order valence-corrected chi connectivity index (χ1v) is 6.79. The molecule has 102 valence electrons. The molecule has 1 unspecified atom stereocenters. The van der Waals surface area contributed by atoms with Gasteiger partial charge in [-0.3, -0.25) is 10.1 Å². The highest BCUT2D eigenvalue weighted by atomic mass is 16.6. The molecular weight excluding hydrogens is 252 g/mol. The lowest BCUT2D eigenvalue weighted by molar-refractivity contribution is -0.482. The van der Waals surface area contributed by atoms with Crippen molar-refractivity contribution in [3.8, 4) is 0 Å². The lowest BCUT2D eigenvalue weighted by Gasteiger charge is -2.37. The Morgan fingerprint density at radius 2 is 1.80 bits per heavy atom. The number of hydrogen-bond donors (Lipinski definition) is 0. The van der Waals surface area contributed by atoms with Crippen molar-refractivity contribution in [3.63, 3.8) is 0 Å². The predicted molar refractivity (Wildman–Crippen MR) is 79.0 cm³/mol. The van der Waals surface area contributed by atoms with Crippen molar-refractivity contribution in [3.05, 3.63) is 70.3 Å². The summed E-state index contributed by atoms with van der Waals surface area (Å²) < 4.78 is 0. The maximum Gasteiger partial charge on any atom is 0.224 e. The Bertz CT molecular complexity index is 613. The molecule has 0 spiro atoms. The minimum Gasteiger partial charge on any atom is -0.332 e. The number of anilines is 2. The molecular formula is C16H16N2O2. The van der Waals surface area contributed by atoms with Gasteiger partial charge in [0.2, 0.25) is 6.54 Å². The first-order chi connectivity index (χ1) is 9.75. The zero-order valence-corrected chi connectivity index (χ0v) is 11.1. The highest BCUT2D eigenvalue weighted by Crippen LogP contribution is 2.36. The normalized spacial score (nSPS) is 17.6. The second-order valence-corrected chi connectivity index (χ2v) is 5.04. The van der Waals surface area contributed by atoms with Crippen molar-refractivity contribution in [1.82, 2.24) is 0 Å². The number of para-hydroxylation sites is 2. The molecule has 0 saturated heterocycles. The van der Waals surface area contributed by atoms with E-state index in [4.69, 9.17) is 0 Å². The summed E-state index contributed by atoms with van der Waals surface area (Å²) in [5, 5.41) is 10.9. The Balaban J connectivity index is 2.05. The minimum atomic E-state index is -0.214. The molecule has 0 aromatic heterocycles. The third-order valence-corrected chi connectivity index (χ3v) is 3.76. The van der Waals surface area contributed by atoms with Crippen LogP contribution in [0.4, 0.5) is 11.4 Å². The summed E-state index contributed by atoms with van der Waals surface area (Å²) in [5.41, 5.74) is 3.37. The molecule has 1 heterocycles. The Hall–Kier alpha value is -2.36. The molecule has 0 saturated carbocycles. The molecule has 0 amide bonds. The maximum absolute atomic E-state index is 10.9. The SMILES string of the molecule is O=[N+]([O-])CC1CCc2ccccc2N1c1ccccc1. The maximum atomic E-state index is 10.9. The van der Waals surface area contributed by atoms with E-state index < -0.39 is 0 Å². The molecule has 1 aliphatic rings. The number of benzene rings is 2. The van der Waals surface area contributed by atoms with Crippen LogP contribution >= 0.6 is 0 Å². The molecule has 4 nitrogen and oxygen atoms in total.